The molecule has 2 unspecified atom stereocenters. The maximum atomic E-state index is 12.9. The van der Waals surface area contributed by atoms with Gasteiger partial charge in [-0.15, -0.1) is 0 Å². The average molecular weight is 200 g/mol. The lowest BCUT2D eigenvalue weighted by atomic mass is 10.1. The van der Waals surface area contributed by atoms with E-state index in [2.05, 4.69) is 0 Å². The molecule has 2 nitrogen and oxygen atoms in total. The van der Waals surface area contributed by atoms with Crippen molar-refractivity contribution >= 4 is 5.84 Å². The fourth-order valence-electron chi connectivity index (χ4n) is 3.14. The van der Waals surface area contributed by atoms with E-state index < -0.39 is 5.92 Å². The lowest BCUT2D eigenvalue weighted by Crippen LogP contribution is -2.36. The third-order valence-corrected chi connectivity index (χ3v) is 4.02. The Morgan fingerprint density at radius 1 is 1.29 bits per heavy atom. The summed E-state index contributed by atoms with van der Waals surface area (Å²) >= 11 is 0. The summed E-state index contributed by atoms with van der Waals surface area (Å²) in [6, 6.07) is 0.250. The van der Waals surface area contributed by atoms with Crippen LogP contribution in [0.4, 0.5) is 8.78 Å². The molecule has 0 aromatic carbocycles. The Kier molecular flexibility index (Phi) is 1.52. The van der Waals surface area contributed by atoms with Crippen LogP contribution in [-0.2, 0) is 0 Å². The van der Waals surface area contributed by atoms with Crippen LogP contribution < -0.4 is 0 Å². The van der Waals surface area contributed by atoms with Crippen molar-refractivity contribution in [1.82, 2.24) is 4.90 Å². The molecule has 2 aliphatic carbocycles. The van der Waals surface area contributed by atoms with Crippen LogP contribution >= 0.6 is 0 Å². The van der Waals surface area contributed by atoms with E-state index in [0.717, 1.165) is 19.4 Å². The molecule has 4 heteroatoms. The number of alkyl halides is 2. The Hall–Kier alpha value is -0.670. The van der Waals surface area contributed by atoms with Gasteiger partial charge in [-0.2, -0.15) is 0 Å². The maximum absolute atomic E-state index is 12.9. The molecule has 1 aliphatic heterocycles. The van der Waals surface area contributed by atoms with Gasteiger partial charge < -0.3 is 4.90 Å². The first kappa shape index (κ1) is 8.62. The summed E-state index contributed by atoms with van der Waals surface area (Å²) in [5.74, 6) is -2.42. The van der Waals surface area contributed by atoms with Gasteiger partial charge in [0.2, 0.25) is 0 Å². The molecule has 1 saturated heterocycles. The number of nitrogens with zero attached hydrogens (tertiary/aromatic N) is 1. The predicted octanol–water partition coefficient (Wildman–Crippen LogP) is 2.10. The number of rotatable bonds is 1. The van der Waals surface area contributed by atoms with Gasteiger partial charge in [-0.3, -0.25) is 5.41 Å². The third kappa shape index (κ3) is 0.969. The molecular weight excluding hydrogens is 186 g/mol. The SMILES string of the molecule is N=C1CCCN1C1CC2C(C1)C2(F)F. The van der Waals surface area contributed by atoms with E-state index >= 15 is 0 Å². The monoisotopic (exact) mass is 200 g/mol. The van der Waals surface area contributed by atoms with Crippen LogP contribution in [-0.4, -0.2) is 29.2 Å². The second-order valence-corrected chi connectivity index (χ2v) is 4.76. The van der Waals surface area contributed by atoms with Gasteiger partial charge in [0.1, 0.15) is 0 Å². The van der Waals surface area contributed by atoms with Gasteiger partial charge in [0.25, 0.3) is 5.92 Å². The van der Waals surface area contributed by atoms with Crippen molar-refractivity contribution in [1.29, 1.82) is 5.41 Å². The highest BCUT2D eigenvalue weighted by molar-refractivity contribution is 5.81. The summed E-state index contributed by atoms with van der Waals surface area (Å²) in [6.07, 6.45) is 3.09. The Bertz CT molecular complexity index is 276. The average Bonchev–Trinajstić information content (AvgIpc) is 2.61. The molecule has 1 heterocycles. The largest absolute Gasteiger partial charge is 0.358 e. The van der Waals surface area contributed by atoms with Crippen LogP contribution in [0.1, 0.15) is 25.7 Å². The summed E-state index contributed by atoms with van der Waals surface area (Å²) in [6.45, 7) is 0.911. The van der Waals surface area contributed by atoms with Crippen molar-refractivity contribution < 1.29 is 8.78 Å². The van der Waals surface area contributed by atoms with Gasteiger partial charge in [-0.25, -0.2) is 8.78 Å². The molecule has 1 N–H and O–H groups in total. The summed E-state index contributed by atoms with van der Waals surface area (Å²) < 4.78 is 25.9. The smallest absolute Gasteiger partial charge is 0.254 e. The van der Waals surface area contributed by atoms with Crippen LogP contribution in [0.15, 0.2) is 0 Å². The van der Waals surface area contributed by atoms with Crippen LogP contribution in [0.25, 0.3) is 0 Å². The molecule has 3 aliphatic rings. The van der Waals surface area contributed by atoms with Gasteiger partial charge in [-0.1, -0.05) is 0 Å². The van der Waals surface area contributed by atoms with E-state index in [1.165, 1.54) is 0 Å². The number of likely N-dealkylation sites (tertiary alicyclic amines) is 1. The van der Waals surface area contributed by atoms with Crippen molar-refractivity contribution in [2.45, 2.75) is 37.6 Å². The molecule has 0 radical (unpaired) electrons. The number of nitrogens with one attached hydrogen (secondary N) is 1. The van der Waals surface area contributed by atoms with Crippen LogP contribution in [0, 0.1) is 17.2 Å². The van der Waals surface area contributed by atoms with Crippen LogP contribution in [0.5, 0.6) is 0 Å². The highest BCUT2D eigenvalue weighted by Crippen LogP contribution is 2.64. The first-order chi connectivity index (χ1) is 6.60. The summed E-state index contributed by atoms with van der Waals surface area (Å²) in [4.78, 5) is 2.04. The molecule has 3 fully saturated rings. The second kappa shape index (κ2) is 2.47. The van der Waals surface area contributed by atoms with Crippen molar-refractivity contribution in [2.24, 2.45) is 11.8 Å². The fraction of sp³-hybridized carbons (Fsp3) is 0.900. The summed E-state index contributed by atoms with van der Waals surface area (Å²) in [5, 5.41) is 7.69. The Balaban J connectivity index is 1.66. The Morgan fingerprint density at radius 3 is 2.43 bits per heavy atom. The molecule has 0 bridgehead atoms. The summed E-state index contributed by atoms with van der Waals surface area (Å²) in [7, 11) is 0. The van der Waals surface area contributed by atoms with E-state index in [9.17, 15) is 8.78 Å². The molecule has 0 spiro atoms. The van der Waals surface area contributed by atoms with E-state index in [-0.39, 0.29) is 17.9 Å². The molecule has 2 atom stereocenters. The van der Waals surface area contributed by atoms with Crippen molar-refractivity contribution in [2.75, 3.05) is 6.54 Å². The van der Waals surface area contributed by atoms with Crippen molar-refractivity contribution in [3.05, 3.63) is 0 Å². The highest BCUT2D eigenvalue weighted by Gasteiger charge is 2.72. The number of halogens is 2. The molecule has 0 amide bonds. The topological polar surface area (TPSA) is 27.1 Å². The van der Waals surface area contributed by atoms with Crippen molar-refractivity contribution in [3.8, 4) is 0 Å². The maximum Gasteiger partial charge on any atom is 0.254 e. The first-order valence-corrected chi connectivity index (χ1v) is 5.32. The molecular formula is C10H14F2N2. The standard InChI is InChI=1S/C10H14F2N2/c11-10(12)7-4-6(5-8(7)10)14-3-1-2-9(14)13/h6-8,13H,1-5H2. The molecule has 2 saturated carbocycles. The number of fused-ring (bicyclic) bond motifs is 1. The number of hydrogen-bond acceptors (Lipinski definition) is 1. The molecule has 78 valence electrons. The minimum absolute atomic E-state index is 0.250. The van der Waals surface area contributed by atoms with Gasteiger partial charge in [0.05, 0.1) is 5.84 Å². The minimum atomic E-state index is -2.36. The molecule has 0 aromatic heterocycles. The van der Waals surface area contributed by atoms with Gasteiger partial charge >= 0.3 is 0 Å². The lowest BCUT2D eigenvalue weighted by Gasteiger charge is -2.27. The van der Waals surface area contributed by atoms with E-state index in [0.29, 0.717) is 18.7 Å². The van der Waals surface area contributed by atoms with E-state index in [4.69, 9.17) is 5.41 Å². The summed E-state index contributed by atoms with van der Waals surface area (Å²) in [5.41, 5.74) is 0. The van der Waals surface area contributed by atoms with E-state index in [1.807, 2.05) is 4.90 Å². The third-order valence-electron chi connectivity index (χ3n) is 4.02. The molecule has 3 rings (SSSR count). The van der Waals surface area contributed by atoms with Crippen LogP contribution in [0.2, 0.25) is 0 Å². The normalized spacial score (nSPS) is 44.3. The van der Waals surface area contributed by atoms with Gasteiger partial charge in [0, 0.05) is 30.8 Å². The van der Waals surface area contributed by atoms with Gasteiger partial charge in [-0.05, 0) is 19.3 Å². The lowest BCUT2D eigenvalue weighted by molar-refractivity contribution is 0.0607. The second-order valence-electron chi connectivity index (χ2n) is 4.76. The van der Waals surface area contributed by atoms with Crippen molar-refractivity contribution in [3.63, 3.8) is 0 Å². The zero-order chi connectivity index (χ0) is 9.92. The number of amidine groups is 1. The molecule has 0 aromatic rings. The molecule has 14 heavy (non-hydrogen) atoms. The zero-order valence-corrected chi connectivity index (χ0v) is 7.97. The van der Waals surface area contributed by atoms with E-state index in [1.54, 1.807) is 0 Å². The first-order valence-electron chi connectivity index (χ1n) is 5.32. The van der Waals surface area contributed by atoms with Crippen LogP contribution in [0.3, 0.4) is 0 Å². The quantitative estimate of drug-likeness (QED) is 0.689. The number of hydrogen-bond donors (Lipinski definition) is 1. The Morgan fingerprint density at radius 2 is 1.93 bits per heavy atom. The fourth-order valence-corrected chi connectivity index (χ4v) is 3.14. The van der Waals surface area contributed by atoms with Gasteiger partial charge in [0.15, 0.2) is 0 Å². The minimum Gasteiger partial charge on any atom is -0.358 e. The highest BCUT2D eigenvalue weighted by atomic mass is 19.3. The predicted molar refractivity (Wildman–Crippen MR) is 48.6 cm³/mol. The zero-order valence-electron chi connectivity index (χ0n) is 7.97. The Labute approximate surface area is 81.8 Å².